The number of nitrogens with two attached hydrogens (primary N) is 1. The molecule has 3 N–H and O–H groups in total. The molecule has 27 heavy (non-hydrogen) atoms. The van der Waals surface area contributed by atoms with Crippen LogP contribution in [-0.4, -0.2) is 65.9 Å². The Bertz CT molecular complexity index is 781. The van der Waals surface area contributed by atoms with Crippen molar-refractivity contribution < 1.29 is 19.1 Å². The quantitative estimate of drug-likeness (QED) is 0.698. The molecular weight excluding hydrogens is 348 g/mol. The van der Waals surface area contributed by atoms with Crippen LogP contribution in [0.5, 0.6) is 0 Å². The summed E-state index contributed by atoms with van der Waals surface area (Å²) in [7, 11) is 0. The van der Waals surface area contributed by atoms with E-state index in [0.717, 1.165) is 30.8 Å². The van der Waals surface area contributed by atoms with Crippen molar-refractivity contribution in [2.24, 2.45) is 5.73 Å². The second-order valence-corrected chi connectivity index (χ2v) is 7.31. The molecule has 0 spiro atoms. The lowest BCUT2D eigenvalue weighted by atomic mass is 10.0. The van der Waals surface area contributed by atoms with Crippen LogP contribution in [0.25, 0.3) is 0 Å². The van der Waals surface area contributed by atoms with E-state index >= 15 is 0 Å². The van der Waals surface area contributed by atoms with Crippen LogP contribution in [0.4, 0.5) is 0 Å². The van der Waals surface area contributed by atoms with Gasteiger partial charge in [0.25, 0.3) is 5.91 Å². The van der Waals surface area contributed by atoms with E-state index in [2.05, 4.69) is 10.2 Å². The maximum absolute atomic E-state index is 12.9. The first-order valence-electron chi connectivity index (χ1n) is 9.36. The molecule has 0 bridgehead atoms. The number of morpholine rings is 1. The Kier molecular flexibility index (Phi) is 4.94. The summed E-state index contributed by atoms with van der Waals surface area (Å²) in [5.74, 6) is -0.793. The van der Waals surface area contributed by atoms with Gasteiger partial charge in [-0.3, -0.25) is 24.6 Å². The van der Waals surface area contributed by atoms with E-state index in [4.69, 9.17) is 10.5 Å². The second-order valence-electron chi connectivity index (χ2n) is 7.31. The highest BCUT2D eigenvalue weighted by Crippen LogP contribution is 2.30. The van der Waals surface area contributed by atoms with Gasteiger partial charge in [-0.05, 0) is 23.6 Å². The molecule has 1 aromatic rings. The largest absolute Gasteiger partial charge is 0.374 e. The summed E-state index contributed by atoms with van der Waals surface area (Å²) in [6, 6.07) is 5.16. The van der Waals surface area contributed by atoms with Crippen LogP contribution in [-0.2, 0) is 27.4 Å². The van der Waals surface area contributed by atoms with Crippen LogP contribution in [0.3, 0.4) is 0 Å². The third-order valence-electron chi connectivity index (χ3n) is 5.56. The number of ether oxygens (including phenoxy) is 1. The molecule has 3 heterocycles. The molecule has 0 radical (unpaired) electrons. The summed E-state index contributed by atoms with van der Waals surface area (Å²) >= 11 is 0. The zero-order valence-electron chi connectivity index (χ0n) is 15.1. The number of nitrogens with zero attached hydrogens (tertiary/aromatic N) is 2. The number of amides is 3. The molecule has 3 amide bonds. The van der Waals surface area contributed by atoms with Gasteiger partial charge in [0.1, 0.15) is 6.04 Å². The molecule has 2 fully saturated rings. The van der Waals surface area contributed by atoms with Crippen molar-refractivity contribution in [1.82, 2.24) is 15.1 Å². The van der Waals surface area contributed by atoms with Gasteiger partial charge in [-0.1, -0.05) is 12.1 Å². The lowest BCUT2D eigenvalue weighted by molar-refractivity contribution is -0.136. The molecule has 8 nitrogen and oxygen atoms in total. The summed E-state index contributed by atoms with van der Waals surface area (Å²) in [6.07, 6.45) is 0.677. The van der Waals surface area contributed by atoms with Gasteiger partial charge in [0.2, 0.25) is 11.8 Å². The minimum Gasteiger partial charge on any atom is -0.374 e. The molecular formula is C19H24N4O4. The molecule has 144 valence electrons. The number of hydrogen-bond acceptors (Lipinski definition) is 6. The molecule has 1 aromatic carbocycles. The number of hydrogen-bond donors (Lipinski definition) is 2. The smallest absolute Gasteiger partial charge is 0.255 e. The van der Waals surface area contributed by atoms with Crippen LogP contribution in [0.15, 0.2) is 18.2 Å². The summed E-state index contributed by atoms with van der Waals surface area (Å²) in [5, 5.41) is 2.34. The second kappa shape index (κ2) is 7.38. The molecule has 3 aliphatic heterocycles. The molecule has 0 saturated carbocycles. The van der Waals surface area contributed by atoms with Gasteiger partial charge in [-0.15, -0.1) is 0 Å². The van der Waals surface area contributed by atoms with Crippen LogP contribution in [0, 0.1) is 0 Å². The average Bonchev–Trinajstić information content (AvgIpc) is 3.00. The lowest BCUT2D eigenvalue weighted by Gasteiger charge is -2.32. The molecule has 2 atom stereocenters. The Labute approximate surface area is 157 Å². The van der Waals surface area contributed by atoms with Gasteiger partial charge in [0.05, 0.1) is 12.7 Å². The minimum atomic E-state index is -0.583. The maximum atomic E-state index is 12.9. The number of rotatable bonds is 4. The summed E-state index contributed by atoms with van der Waals surface area (Å²) in [4.78, 5) is 40.4. The average molecular weight is 372 g/mol. The van der Waals surface area contributed by atoms with Crippen molar-refractivity contribution in [3.05, 3.63) is 34.9 Å². The van der Waals surface area contributed by atoms with E-state index in [9.17, 15) is 14.4 Å². The van der Waals surface area contributed by atoms with Gasteiger partial charge >= 0.3 is 0 Å². The van der Waals surface area contributed by atoms with Crippen LogP contribution in [0.2, 0.25) is 0 Å². The number of benzene rings is 1. The van der Waals surface area contributed by atoms with Crippen molar-refractivity contribution in [2.45, 2.75) is 38.1 Å². The summed E-state index contributed by atoms with van der Waals surface area (Å²) < 4.78 is 5.62. The van der Waals surface area contributed by atoms with Crippen LogP contribution < -0.4 is 11.1 Å². The SMILES string of the molecule is NC[C@H]1CN(Cc2cccc3c2CN(C2CCC(=O)NC2=O)C3=O)CCO1. The van der Waals surface area contributed by atoms with Crippen molar-refractivity contribution in [3.63, 3.8) is 0 Å². The van der Waals surface area contributed by atoms with E-state index < -0.39 is 6.04 Å². The van der Waals surface area contributed by atoms with E-state index in [0.29, 0.717) is 31.7 Å². The topological polar surface area (TPSA) is 105 Å². The van der Waals surface area contributed by atoms with Crippen molar-refractivity contribution in [1.29, 1.82) is 0 Å². The van der Waals surface area contributed by atoms with Crippen molar-refractivity contribution in [2.75, 3.05) is 26.2 Å². The zero-order valence-corrected chi connectivity index (χ0v) is 15.1. The van der Waals surface area contributed by atoms with E-state index in [-0.39, 0.29) is 30.2 Å². The number of piperidine rings is 1. The van der Waals surface area contributed by atoms with Gasteiger partial charge < -0.3 is 15.4 Å². The Morgan fingerprint density at radius 1 is 1.26 bits per heavy atom. The Balaban J connectivity index is 1.52. The van der Waals surface area contributed by atoms with E-state index in [1.54, 1.807) is 4.90 Å². The minimum absolute atomic E-state index is 0.0390. The molecule has 4 rings (SSSR count). The highest BCUT2D eigenvalue weighted by atomic mass is 16.5. The predicted molar refractivity (Wildman–Crippen MR) is 96.6 cm³/mol. The fraction of sp³-hybridized carbons (Fsp3) is 0.526. The molecule has 1 unspecified atom stereocenters. The third kappa shape index (κ3) is 3.47. The highest BCUT2D eigenvalue weighted by molar-refractivity contribution is 6.05. The molecule has 0 aromatic heterocycles. The first-order valence-corrected chi connectivity index (χ1v) is 9.36. The fourth-order valence-corrected chi connectivity index (χ4v) is 4.11. The maximum Gasteiger partial charge on any atom is 0.255 e. The molecule has 3 aliphatic rings. The number of imide groups is 1. The Morgan fingerprint density at radius 3 is 2.89 bits per heavy atom. The van der Waals surface area contributed by atoms with Gasteiger partial charge in [0, 0.05) is 44.7 Å². The number of carbonyl (C=O) groups excluding carboxylic acids is 3. The highest BCUT2D eigenvalue weighted by Gasteiger charge is 2.39. The van der Waals surface area contributed by atoms with Crippen molar-refractivity contribution >= 4 is 17.7 Å². The molecule has 0 aliphatic carbocycles. The normalized spacial score (nSPS) is 26.3. The van der Waals surface area contributed by atoms with E-state index in [1.165, 1.54) is 0 Å². The Morgan fingerprint density at radius 2 is 2.11 bits per heavy atom. The van der Waals surface area contributed by atoms with Gasteiger partial charge in [0.15, 0.2) is 0 Å². The summed E-state index contributed by atoms with van der Waals surface area (Å²) in [5.41, 5.74) is 8.45. The first kappa shape index (κ1) is 18.1. The predicted octanol–water partition coefficient (Wildman–Crippen LogP) is -0.393. The monoisotopic (exact) mass is 372 g/mol. The lowest BCUT2D eigenvalue weighted by Crippen LogP contribution is -2.52. The van der Waals surface area contributed by atoms with Crippen molar-refractivity contribution in [3.8, 4) is 0 Å². The molecule has 8 heteroatoms. The zero-order chi connectivity index (χ0) is 19.0. The van der Waals surface area contributed by atoms with Crippen LogP contribution in [0.1, 0.15) is 34.3 Å². The van der Waals surface area contributed by atoms with Gasteiger partial charge in [-0.25, -0.2) is 0 Å². The third-order valence-corrected chi connectivity index (χ3v) is 5.56. The van der Waals surface area contributed by atoms with Gasteiger partial charge in [-0.2, -0.15) is 0 Å². The molecule has 2 saturated heterocycles. The first-order chi connectivity index (χ1) is 13.1. The number of nitrogens with one attached hydrogen (secondary N) is 1. The van der Waals surface area contributed by atoms with E-state index in [1.807, 2.05) is 18.2 Å². The summed E-state index contributed by atoms with van der Waals surface area (Å²) in [6.45, 7) is 3.86. The number of fused-ring (bicyclic) bond motifs is 1. The Hall–Kier alpha value is -2.29. The fourth-order valence-electron chi connectivity index (χ4n) is 4.11. The number of carbonyl (C=O) groups is 3. The van der Waals surface area contributed by atoms with Crippen LogP contribution >= 0.6 is 0 Å². The standard InChI is InChI=1S/C19H24N4O4/c20-8-13-10-22(6-7-27-13)9-12-2-1-3-14-15(12)11-23(19(14)26)16-4-5-17(24)21-18(16)25/h1-3,13,16H,4-11,20H2,(H,21,24,25)/t13-,16?/m0/s1.